The highest BCUT2D eigenvalue weighted by Gasteiger charge is 2.22. The third-order valence-electron chi connectivity index (χ3n) is 4.18. The Morgan fingerprint density at radius 1 is 1.16 bits per heavy atom. The summed E-state index contributed by atoms with van der Waals surface area (Å²) in [6.07, 6.45) is 0.373. The number of nitrogens with zero attached hydrogens (tertiary/aromatic N) is 1. The van der Waals surface area contributed by atoms with Gasteiger partial charge in [0.05, 0.1) is 13.2 Å². The van der Waals surface area contributed by atoms with Gasteiger partial charge in [-0.2, -0.15) is 0 Å². The highest BCUT2D eigenvalue weighted by Crippen LogP contribution is 2.34. The van der Waals surface area contributed by atoms with E-state index in [0.29, 0.717) is 17.7 Å². The Labute approximate surface area is 179 Å². The highest BCUT2D eigenvalue weighted by molar-refractivity contribution is 5.97. The van der Waals surface area contributed by atoms with Gasteiger partial charge in [0, 0.05) is 23.4 Å². The number of carbonyl (C=O) groups is 1. The number of benzene rings is 2. The molecule has 5 N–H and O–H groups in total. The lowest BCUT2D eigenvalue weighted by Gasteiger charge is -2.18. The zero-order valence-corrected chi connectivity index (χ0v) is 17.3. The molecule has 1 atom stereocenters. The molecule has 0 aliphatic carbocycles. The minimum atomic E-state index is -0.803. The number of ether oxygens (including phenoxy) is 3. The van der Waals surface area contributed by atoms with Crippen molar-refractivity contribution in [3.63, 3.8) is 0 Å². The first-order valence-corrected chi connectivity index (χ1v) is 9.69. The van der Waals surface area contributed by atoms with Gasteiger partial charge in [-0.25, -0.2) is 9.18 Å². The monoisotopic (exact) mass is 435 g/mol. The minimum Gasteiger partial charge on any atom is -0.490 e. The third kappa shape index (κ3) is 6.48. The van der Waals surface area contributed by atoms with Crippen LogP contribution in [0.2, 0.25) is 0 Å². The topological polar surface area (TPSA) is 136 Å². The second-order valence-electron chi connectivity index (χ2n) is 6.32. The molecule has 2 aromatic rings. The molecule has 0 radical (unpaired) electrons. The fraction of sp³-hybridized carbons (Fsp3) is 0.333. The number of nitrogens with two attached hydrogens (primary N) is 1. The van der Waals surface area contributed by atoms with Crippen molar-refractivity contribution in [1.29, 1.82) is 0 Å². The van der Waals surface area contributed by atoms with Crippen molar-refractivity contribution in [2.45, 2.75) is 26.3 Å². The summed E-state index contributed by atoms with van der Waals surface area (Å²) >= 11 is 0. The molecule has 31 heavy (non-hydrogen) atoms. The lowest BCUT2D eigenvalue weighted by Crippen LogP contribution is -2.33. The molecule has 0 aliphatic rings. The van der Waals surface area contributed by atoms with E-state index in [2.05, 4.69) is 10.5 Å². The van der Waals surface area contributed by atoms with Crippen molar-refractivity contribution in [2.24, 2.45) is 10.9 Å². The first kappa shape index (κ1) is 23.7. The van der Waals surface area contributed by atoms with E-state index in [0.717, 1.165) is 6.07 Å². The van der Waals surface area contributed by atoms with Crippen LogP contribution < -0.4 is 25.3 Å². The van der Waals surface area contributed by atoms with Crippen LogP contribution in [0.3, 0.4) is 0 Å². The quantitative estimate of drug-likeness (QED) is 0.106. The molecule has 9 nitrogen and oxygen atoms in total. The summed E-state index contributed by atoms with van der Waals surface area (Å²) in [6.45, 7) is 3.53. The number of hydrogen-bond acceptors (Lipinski definition) is 8. The largest absolute Gasteiger partial charge is 0.490 e. The first-order valence-electron chi connectivity index (χ1n) is 9.69. The summed E-state index contributed by atoms with van der Waals surface area (Å²) < 4.78 is 30.4. The molecule has 10 heteroatoms. The van der Waals surface area contributed by atoms with Crippen LogP contribution in [0, 0.1) is 5.82 Å². The number of halogens is 1. The van der Waals surface area contributed by atoms with E-state index < -0.39 is 17.8 Å². The standard InChI is InChI=1S/C21H26FN3O6/c1-3-16(24-14-7-5-13(6-8-14)20(23)25-28)21(27)31-17-12-19(29-4-2)18(11-15(17)22)30-10-9-26/h5-8,11-12,16,24,26,28H,3-4,9-10H2,1-2H3,(H2,23,25). The van der Waals surface area contributed by atoms with Crippen molar-refractivity contribution in [1.82, 2.24) is 0 Å². The molecule has 2 rings (SSSR count). The summed E-state index contributed by atoms with van der Waals surface area (Å²) in [4.78, 5) is 12.6. The Balaban J connectivity index is 2.15. The van der Waals surface area contributed by atoms with Gasteiger partial charge in [-0.3, -0.25) is 0 Å². The Morgan fingerprint density at radius 3 is 2.42 bits per heavy atom. The fourth-order valence-corrected chi connectivity index (χ4v) is 2.63. The molecule has 0 saturated heterocycles. The number of oxime groups is 1. The second kappa shape index (κ2) is 11.6. The number of hydrogen-bond donors (Lipinski definition) is 4. The fourth-order valence-electron chi connectivity index (χ4n) is 2.63. The van der Waals surface area contributed by atoms with Gasteiger partial charge in [0.1, 0.15) is 12.6 Å². The minimum absolute atomic E-state index is 0.0327. The van der Waals surface area contributed by atoms with Crippen LogP contribution >= 0.6 is 0 Å². The first-order chi connectivity index (χ1) is 14.9. The number of amidine groups is 1. The predicted molar refractivity (Wildman–Crippen MR) is 112 cm³/mol. The number of esters is 1. The van der Waals surface area contributed by atoms with Gasteiger partial charge in [0.25, 0.3) is 0 Å². The van der Waals surface area contributed by atoms with Crippen molar-refractivity contribution in [3.05, 3.63) is 47.8 Å². The zero-order valence-electron chi connectivity index (χ0n) is 17.3. The molecular weight excluding hydrogens is 409 g/mol. The molecule has 0 aliphatic heterocycles. The predicted octanol–water partition coefficient (Wildman–Crippen LogP) is 2.49. The van der Waals surface area contributed by atoms with Crippen molar-refractivity contribution < 1.29 is 33.7 Å². The van der Waals surface area contributed by atoms with Gasteiger partial charge in [-0.05, 0) is 37.6 Å². The van der Waals surface area contributed by atoms with E-state index >= 15 is 0 Å². The lowest BCUT2D eigenvalue weighted by atomic mass is 10.1. The average molecular weight is 435 g/mol. The summed E-state index contributed by atoms with van der Waals surface area (Å²) in [7, 11) is 0. The smallest absolute Gasteiger partial charge is 0.334 e. The summed E-state index contributed by atoms with van der Waals surface area (Å²) in [5.41, 5.74) is 6.64. The van der Waals surface area contributed by atoms with Gasteiger partial charge >= 0.3 is 5.97 Å². The molecule has 0 spiro atoms. The molecule has 168 valence electrons. The second-order valence-corrected chi connectivity index (χ2v) is 6.32. The number of carbonyl (C=O) groups excluding carboxylic acids is 1. The maximum absolute atomic E-state index is 14.5. The SMILES string of the molecule is CCOc1cc(OC(=O)C(CC)Nc2ccc(C(N)=NO)cc2)c(F)cc1OCCO. The molecule has 0 amide bonds. The van der Waals surface area contributed by atoms with Gasteiger partial charge in [-0.1, -0.05) is 12.1 Å². The maximum atomic E-state index is 14.5. The number of nitrogens with one attached hydrogen (secondary N) is 1. The molecule has 2 aromatic carbocycles. The summed E-state index contributed by atoms with van der Waals surface area (Å²) in [5.74, 6) is -1.53. The molecule has 0 fully saturated rings. The molecular formula is C21H26FN3O6. The van der Waals surface area contributed by atoms with E-state index in [9.17, 15) is 9.18 Å². The van der Waals surface area contributed by atoms with Crippen LogP contribution in [0.5, 0.6) is 17.2 Å². The number of rotatable bonds is 11. The number of aliphatic hydroxyl groups is 1. The highest BCUT2D eigenvalue weighted by atomic mass is 19.1. The van der Waals surface area contributed by atoms with Crippen molar-refractivity contribution in [3.8, 4) is 17.2 Å². The summed E-state index contributed by atoms with van der Waals surface area (Å²) in [5, 5.41) is 23.5. The maximum Gasteiger partial charge on any atom is 0.334 e. The average Bonchev–Trinajstić information content (AvgIpc) is 2.78. The van der Waals surface area contributed by atoms with E-state index in [1.165, 1.54) is 6.07 Å². The Bertz CT molecular complexity index is 905. The van der Waals surface area contributed by atoms with Crippen LogP contribution in [0.25, 0.3) is 0 Å². The normalized spacial score (nSPS) is 12.2. The third-order valence-corrected chi connectivity index (χ3v) is 4.18. The van der Waals surface area contributed by atoms with E-state index in [4.69, 9.17) is 30.3 Å². The van der Waals surface area contributed by atoms with Crippen LogP contribution in [0.1, 0.15) is 25.8 Å². The Kier molecular flexibility index (Phi) is 8.89. The van der Waals surface area contributed by atoms with Crippen molar-refractivity contribution >= 4 is 17.5 Å². The number of aliphatic hydroxyl groups excluding tert-OH is 1. The molecule has 1 unspecified atom stereocenters. The lowest BCUT2D eigenvalue weighted by molar-refractivity contribution is -0.135. The Morgan fingerprint density at radius 2 is 1.84 bits per heavy atom. The van der Waals surface area contributed by atoms with Gasteiger partial charge in [-0.15, -0.1) is 0 Å². The zero-order chi connectivity index (χ0) is 22.8. The van der Waals surface area contributed by atoms with Crippen molar-refractivity contribution in [2.75, 3.05) is 25.1 Å². The van der Waals surface area contributed by atoms with E-state index in [-0.39, 0.29) is 42.9 Å². The summed E-state index contributed by atoms with van der Waals surface area (Å²) in [6, 6.07) is 8.08. The molecule has 0 aromatic heterocycles. The molecule has 0 saturated carbocycles. The van der Waals surface area contributed by atoms with Crippen LogP contribution in [-0.2, 0) is 4.79 Å². The van der Waals surface area contributed by atoms with Gasteiger partial charge < -0.3 is 35.6 Å². The van der Waals surface area contributed by atoms with Crippen LogP contribution in [0.4, 0.5) is 10.1 Å². The van der Waals surface area contributed by atoms with Crippen LogP contribution in [0.15, 0.2) is 41.6 Å². The van der Waals surface area contributed by atoms with E-state index in [1.54, 1.807) is 38.1 Å². The van der Waals surface area contributed by atoms with Gasteiger partial charge in [0.2, 0.25) is 0 Å². The Hall–Kier alpha value is -3.53. The molecule has 0 heterocycles. The van der Waals surface area contributed by atoms with Crippen LogP contribution in [-0.4, -0.2) is 48.0 Å². The van der Waals surface area contributed by atoms with Gasteiger partial charge in [0.15, 0.2) is 28.9 Å². The molecule has 0 bridgehead atoms. The van der Waals surface area contributed by atoms with E-state index in [1.807, 2.05) is 0 Å². The number of anilines is 1.